The Morgan fingerprint density at radius 1 is 1.21 bits per heavy atom. The molecule has 0 saturated carbocycles. The first-order valence-electron chi connectivity index (χ1n) is 10.2. The monoisotopic (exact) mass is 514 g/mol. The number of aliphatic carboxylic acids is 1. The Bertz CT molecular complexity index is 825. The van der Waals surface area contributed by atoms with E-state index in [2.05, 4.69) is 27.9 Å². The number of carboxylic acid groups (broad SMARTS) is 1. The SMILES string of the molecule is Cc1c(I)c([C@H](OC(C)(C)C)C(=O)O)c(C)c2c1CN(C1CCNCC1)C(=O)C2. The maximum absolute atomic E-state index is 13.0. The Morgan fingerprint density at radius 3 is 2.38 bits per heavy atom. The Hall–Kier alpha value is -1.19. The van der Waals surface area contributed by atoms with Crippen LogP contribution in [-0.4, -0.2) is 46.6 Å². The summed E-state index contributed by atoms with van der Waals surface area (Å²) in [6.07, 6.45) is 1.24. The minimum atomic E-state index is -1.05. The van der Waals surface area contributed by atoms with Gasteiger partial charge in [0.05, 0.1) is 12.0 Å². The molecule has 6 nitrogen and oxygen atoms in total. The van der Waals surface area contributed by atoms with Crippen LogP contribution in [0.15, 0.2) is 0 Å². The molecular weight excluding hydrogens is 483 g/mol. The molecule has 0 radical (unpaired) electrons. The molecule has 1 fully saturated rings. The van der Waals surface area contributed by atoms with E-state index >= 15 is 0 Å². The predicted octanol–water partition coefficient (Wildman–Crippen LogP) is 3.49. The van der Waals surface area contributed by atoms with Crippen LogP contribution in [0.25, 0.3) is 0 Å². The number of carbonyl (C=O) groups is 2. The van der Waals surface area contributed by atoms with Crippen LogP contribution in [0.2, 0.25) is 0 Å². The number of rotatable bonds is 4. The quantitative estimate of drug-likeness (QED) is 0.602. The minimum Gasteiger partial charge on any atom is -0.479 e. The molecule has 0 aromatic heterocycles. The molecular formula is C22H31IN2O4. The molecule has 7 heteroatoms. The first-order valence-corrected chi connectivity index (χ1v) is 11.3. The molecule has 2 N–H and O–H groups in total. The van der Waals surface area contributed by atoms with E-state index in [1.54, 1.807) is 0 Å². The normalized spacial score (nSPS) is 19.2. The lowest BCUT2D eigenvalue weighted by molar-refractivity contribution is -0.160. The molecule has 0 aliphatic carbocycles. The number of ether oxygens (including phenoxy) is 1. The van der Waals surface area contributed by atoms with E-state index in [0.29, 0.717) is 18.5 Å². The van der Waals surface area contributed by atoms with Crippen molar-refractivity contribution in [1.29, 1.82) is 0 Å². The lowest BCUT2D eigenvalue weighted by Crippen LogP contribution is -2.48. The maximum Gasteiger partial charge on any atom is 0.337 e. The zero-order chi connectivity index (χ0) is 21.5. The maximum atomic E-state index is 13.0. The van der Waals surface area contributed by atoms with Gasteiger partial charge in [-0.3, -0.25) is 4.79 Å². The molecule has 1 amide bonds. The summed E-state index contributed by atoms with van der Waals surface area (Å²) in [5.41, 5.74) is 4.20. The largest absolute Gasteiger partial charge is 0.479 e. The average molecular weight is 514 g/mol. The molecule has 2 aliphatic heterocycles. The number of hydrogen-bond donors (Lipinski definition) is 2. The van der Waals surface area contributed by atoms with Crippen molar-refractivity contribution in [3.63, 3.8) is 0 Å². The number of carbonyl (C=O) groups excluding carboxylic acids is 1. The summed E-state index contributed by atoms with van der Waals surface area (Å²) in [5, 5.41) is 13.2. The second-order valence-corrected chi connectivity index (χ2v) is 10.1. The number of amides is 1. The molecule has 0 bridgehead atoms. The van der Waals surface area contributed by atoms with Crippen LogP contribution in [0, 0.1) is 17.4 Å². The van der Waals surface area contributed by atoms with Crippen LogP contribution in [-0.2, 0) is 27.3 Å². The van der Waals surface area contributed by atoms with Crippen LogP contribution < -0.4 is 5.32 Å². The number of fused-ring (bicyclic) bond motifs is 1. The molecule has 0 unspecified atom stereocenters. The lowest BCUT2D eigenvalue weighted by Gasteiger charge is -2.39. The van der Waals surface area contributed by atoms with Gasteiger partial charge in [0.25, 0.3) is 0 Å². The highest BCUT2D eigenvalue weighted by molar-refractivity contribution is 14.1. The van der Waals surface area contributed by atoms with Gasteiger partial charge in [-0.25, -0.2) is 4.79 Å². The van der Waals surface area contributed by atoms with E-state index < -0.39 is 17.7 Å². The van der Waals surface area contributed by atoms with Crippen molar-refractivity contribution in [1.82, 2.24) is 10.2 Å². The van der Waals surface area contributed by atoms with Gasteiger partial charge in [0.1, 0.15) is 0 Å². The number of piperidine rings is 1. The number of nitrogens with one attached hydrogen (secondary N) is 1. The Balaban J connectivity index is 2.05. The fourth-order valence-electron chi connectivity index (χ4n) is 4.43. The third kappa shape index (κ3) is 4.61. The first kappa shape index (κ1) is 22.5. The van der Waals surface area contributed by atoms with E-state index in [0.717, 1.165) is 46.2 Å². The zero-order valence-corrected chi connectivity index (χ0v) is 20.1. The van der Waals surface area contributed by atoms with Gasteiger partial charge in [-0.2, -0.15) is 0 Å². The Kier molecular flexibility index (Phi) is 6.60. The van der Waals surface area contributed by atoms with Crippen molar-refractivity contribution in [2.45, 2.75) is 78.2 Å². The summed E-state index contributed by atoms with van der Waals surface area (Å²) in [5.74, 6) is -0.860. The second-order valence-electron chi connectivity index (χ2n) is 9.06. The standard InChI is InChI=1S/C22H31IN2O4/c1-12-15-10-17(26)25(14-6-8-24-9-7-14)11-16(15)13(2)19(23)18(12)20(21(27)28)29-22(3,4)5/h14,20,24H,6-11H2,1-5H3,(H,27,28)/t20-/m0/s1. The highest BCUT2D eigenvalue weighted by Gasteiger charge is 2.36. The fraction of sp³-hybridized carbons (Fsp3) is 0.636. The van der Waals surface area contributed by atoms with E-state index in [1.807, 2.05) is 39.5 Å². The molecule has 1 saturated heterocycles. The van der Waals surface area contributed by atoms with Crippen molar-refractivity contribution in [2.75, 3.05) is 13.1 Å². The molecule has 3 rings (SSSR count). The minimum absolute atomic E-state index is 0.141. The Labute approximate surface area is 186 Å². The van der Waals surface area contributed by atoms with Crippen molar-refractivity contribution in [3.8, 4) is 0 Å². The third-order valence-corrected chi connectivity index (χ3v) is 7.31. The smallest absolute Gasteiger partial charge is 0.337 e. The highest BCUT2D eigenvalue weighted by Crippen LogP contribution is 2.39. The van der Waals surface area contributed by atoms with E-state index in [1.165, 1.54) is 5.56 Å². The predicted molar refractivity (Wildman–Crippen MR) is 120 cm³/mol. The summed E-state index contributed by atoms with van der Waals surface area (Å²) >= 11 is 2.25. The second kappa shape index (κ2) is 8.51. The topological polar surface area (TPSA) is 78.9 Å². The third-order valence-electron chi connectivity index (χ3n) is 5.92. The van der Waals surface area contributed by atoms with Gasteiger partial charge in [0, 0.05) is 21.7 Å². The van der Waals surface area contributed by atoms with Gasteiger partial charge >= 0.3 is 5.97 Å². The molecule has 0 spiro atoms. The van der Waals surface area contributed by atoms with Gasteiger partial charge in [-0.1, -0.05) is 0 Å². The van der Waals surface area contributed by atoms with Crippen molar-refractivity contribution >= 4 is 34.5 Å². The van der Waals surface area contributed by atoms with Gasteiger partial charge in [0.2, 0.25) is 5.91 Å². The summed E-state index contributed by atoms with van der Waals surface area (Å²) in [4.78, 5) is 27.1. The van der Waals surface area contributed by atoms with Crippen LogP contribution in [0.1, 0.15) is 67.5 Å². The van der Waals surface area contributed by atoms with Gasteiger partial charge in [0.15, 0.2) is 6.10 Å². The molecule has 1 aromatic rings. The molecule has 29 heavy (non-hydrogen) atoms. The van der Waals surface area contributed by atoms with Crippen molar-refractivity contribution in [2.24, 2.45) is 0 Å². The number of benzene rings is 1. The van der Waals surface area contributed by atoms with Crippen molar-refractivity contribution < 1.29 is 19.4 Å². The van der Waals surface area contributed by atoms with Crippen LogP contribution in [0.3, 0.4) is 0 Å². The summed E-state index contributed by atoms with van der Waals surface area (Å²) in [6, 6.07) is 0.282. The number of carboxylic acids is 1. The van der Waals surface area contributed by atoms with Gasteiger partial charge < -0.3 is 20.1 Å². The van der Waals surface area contributed by atoms with Crippen LogP contribution >= 0.6 is 22.6 Å². The molecule has 1 atom stereocenters. The van der Waals surface area contributed by atoms with Crippen LogP contribution in [0.4, 0.5) is 0 Å². The lowest BCUT2D eigenvalue weighted by atomic mass is 9.85. The summed E-state index contributed by atoms with van der Waals surface area (Å²) in [6.45, 7) is 12.0. The zero-order valence-electron chi connectivity index (χ0n) is 17.9. The first-order chi connectivity index (χ1) is 13.5. The number of nitrogens with zero attached hydrogens (tertiary/aromatic N) is 1. The van der Waals surface area contributed by atoms with Gasteiger partial charge in [-0.15, -0.1) is 0 Å². The van der Waals surface area contributed by atoms with E-state index in [9.17, 15) is 14.7 Å². The molecule has 2 aliphatic rings. The molecule has 160 valence electrons. The van der Waals surface area contributed by atoms with Crippen molar-refractivity contribution in [3.05, 3.63) is 31.4 Å². The average Bonchev–Trinajstić information content (AvgIpc) is 2.65. The molecule has 1 aromatic carbocycles. The number of halogens is 1. The number of hydrogen-bond acceptors (Lipinski definition) is 4. The van der Waals surface area contributed by atoms with E-state index in [-0.39, 0.29) is 11.9 Å². The summed E-state index contributed by atoms with van der Waals surface area (Å²) < 4.78 is 6.86. The highest BCUT2D eigenvalue weighted by atomic mass is 127. The van der Waals surface area contributed by atoms with E-state index in [4.69, 9.17) is 4.74 Å². The van der Waals surface area contributed by atoms with Crippen LogP contribution in [0.5, 0.6) is 0 Å². The molecule has 2 heterocycles. The Morgan fingerprint density at radius 2 is 1.83 bits per heavy atom. The summed E-state index contributed by atoms with van der Waals surface area (Å²) in [7, 11) is 0. The fourth-order valence-corrected chi connectivity index (χ4v) is 5.44. The van der Waals surface area contributed by atoms with Gasteiger partial charge in [-0.05, 0) is 105 Å².